The third-order valence-corrected chi connectivity index (χ3v) is 4.17. The van der Waals surface area contributed by atoms with Gasteiger partial charge in [0.1, 0.15) is 0 Å². The maximum Gasteiger partial charge on any atom is 0.0916 e. The van der Waals surface area contributed by atoms with Gasteiger partial charge in [-0.05, 0) is 52.4 Å². The maximum absolute atomic E-state index is 10.4. The van der Waals surface area contributed by atoms with Crippen molar-refractivity contribution < 1.29 is 5.11 Å². The van der Waals surface area contributed by atoms with Crippen molar-refractivity contribution in [2.45, 2.75) is 26.4 Å². The number of rotatable bonds is 5. The summed E-state index contributed by atoms with van der Waals surface area (Å²) in [6.45, 7) is 8.35. The van der Waals surface area contributed by atoms with Crippen molar-refractivity contribution in [3.63, 3.8) is 0 Å². The molecular formula is C17H28N2O. The summed E-state index contributed by atoms with van der Waals surface area (Å²) in [5.74, 6) is 0.747. The van der Waals surface area contributed by atoms with Gasteiger partial charge in [-0.2, -0.15) is 0 Å². The minimum Gasteiger partial charge on any atom is -0.387 e. The smallest absolute Gasteiger partial charge is 0.0916 e. The molecule has 0 amide bonds. The lowest BCUT2D eigenvalue weighted by atomic mass is 10.0. The molecule has 3 nitrogen and oxygen atoms in total. The highest BCUT2D eigenvalue weighted by atomic mass is 16.3. The van der Waals surface area contributed by atoms with Crippen LogP contribution in [0.3, 0.4) is 0 Å². The Morgan fingerprint density at radius 1 is 1.30 bits per heavy atom. The van der Waals surface area contributed by atoms with Gasteiger partial charge in [-0.1, -0.05) is 29.3 Å². The molecule has 0 radical (unpaired) electrons. The molecule has 1 saturated heterocycles. The molecule has 0 bridgehead atoms. The van der Waals surface area contributed by atoms with Crippen LogP contribution in [-0.2, 0) is 0 Å². The van der Waals surface area contributed by atoms with Crippen LogP contribution in [0.4, 0.5) is 0 Å². The average Bonchev–Trinajstić information content (AvgIpc) is 2.73. The molecule has 1 heterocycles. The van der Waals surface area contributed by atoms with Crippen LogP contribution in [0.15, 0.2) is 18.2 Å². The first-order chi connectivity index (χ1) is 9.44. The van der Waals surface area contributed by atoms with Gasteiger partial charge in [-0.15, -0.1) is 0 Å². The van der Waals surface area contributed by atoms with Gasteiger partial charge in [0.2, 0.25) is 0 Å². The number of aliphatic hydroxyl groups is 1. The molecule has 1 aliphatic heterocycles. The second-order valence-electron chi connectivity index (χ2n) is 6.57. The number of likely N-dealkylation sites (tertiary alicyclic amines) is 1. The zero-order valence-corrected chi connectivity index (χ0v) is 13.3. The summed E-state index contributed by atoms with van der Waals surface area (Å²) in [5.41, 5.74) is 3.48. The van der Waals surface area contributed by atoms with E-state index in [1.807, 2.05) is 0 Å². The Morgan fingerprint density at radius 2 is 1.95 bits per heavy atom. The fourth-order valence-corrected chi connectivity index (χ4v) is 3.29. The van der Waals surface area contributed by atoms with Gasteiger partial charge in [-0.3, -0.25) is 0 Å². The van der Waals surface area contributed by atoms with Crippen molar-refractivity contribution in [3.05, 3.63) is 34.9 Å². The Kier molecular flexibility index (Phi) is 5.19. The molecule has 112 valence electrons. The topological polar surface area (TPSA) is 26.7 Å². The first kappa shape index (κ1) is 15.5. The van der Waals surface area contributed by atoms with E-state index in [2.05, 4.69) is 55.9 Å². The third-order valence-electron chi connectivity index (χ3n) is 4.17. The quantitative estimate of drug-likeness (QED) is 0.893. The second-order valence-corrected chi connectivity index (χ2v) is 6.57. The number of benzene rings is 1. The van der Waals surface area contributed by atoms with Gasteiger partial charge >= 0.3 is 0 Å². The molecule has 1 N–H and O–H groups in total. The Balaban J connectivity index is 1.88. The lowest BCUT2D eigenvalue weighted by Crippen LogP contribution is -2.31. The van der Waals surface area contributed by atoms with Crippen LogP contribution in [0.2, 0.25) is 0 Å². The van der Waals surface area contributed by atoms with Gasteiger partial charge in [0.05, 0.1) is 6.10 Å². The van der Waals surface area contributed by atoms with Crippen LogP contribution in [-0.4, -0.2) is 55.2 Å². The molecule has 0 aromatic heterocycles. The zero-order valence-electron chi connectivity index (χ0n) is 13.3. The summed E-state index contributed by atoms with van der Waals surface area (Å²) in [5, 5.41) is 10.4. The molecule has 0 spiro atoms. The second kappa shape index (κ2) is 6.70. The first-order valence-electron chi connectivity index (χ1n) is 7.57. The van der Waals surface area contributed by atoms with E-state index in [0.717, 1.165) is 18.0 Å². The van der Waals surface area contributed by atoms with Crippen LogP contribution >= 0.6 is 0 Å². The van der Waals surface area contributed by atoms with Crippen molar-refractivity contribution in [2.75, 3.05) is 40.3 Å². The van der Waals surface area contributed by atoms with Gasteiger partial charge in [-0.25, -0.2) is 0 Å². The van der Waals surface area contributed by atoms with Gasteiger partial charge in [0.25, 0.3) is 0 Å². The summed E-state index contributed by atoms with van der Waals surface area (Å²) < 4.78 is 0. The molecule has 20 heavy (non-hydrogen) atoms. The molecule has 1 fully saturated rings. The number of nitrogens with zero attached hydrogens (tertiary/aromatic N) is 2. The van der Waals surface area contributed by atoms with Crippen molar-refractivity contribution in [2.24, 2.45) is 5.92 Å². The molecule has 2 rings (SSSR count). The fraction of sp³-hybridized carbons (Fsp3) is 0.647. The van der Waals surface area contributed by atoms with E-state index in [0.29, 0.717) is 6.54 Å². The highest BCUT2D eigenvalue weighted by molar-refractivity contribution is 5.30. The molecule has 3 heteroatoms. The van der Waals surface area contributed by atoms with E-state index >= 15 is 0 Å². The Morgan fingerprint density at radius 3 is 2.50 bits per heavy atom. The Labute approximate surface area is 123 Å². The lowest BCUT2D eigenvalue weighted by Gasteiger charge is -2.24. The first-order valence-corrected chi connectivity index (χ1v) is 7.57. The molecule has 2 atom stereocenters. The minimum absolute atomic E-state index is 0.391. The molecule has 0 saturated carbocycles. The van der Waals surface area contributed by atoms with Crippen LogP contribution in [0.1, 0.15) is 29.2 Å². The van der Waals surface area contributed by atoms with E-state index < -0.39 is 6.10 Å². The van der Waals surface area contributed by atoms with E-state index in [4.69, 9.17) is 0 Å². The fourth-order valence-electron chi connectivity index (χ4n) is 3.29. The van der Waals surface area contributed by atoms with Crippen molar-refractivity contribution >= 4 is 0 Å². The van der Waals surface area contributed by atoms with E-state index in [1.165, 1.54) is 30.6 Å². The van der Waals surface area contributed by atoms with Crippen molar-refractivity contribution in [3.8, 4) is 0 Å². The standard InChI is InChI=1S/C17H28N2O/c1-13-7-14(2)9-16(8-13)17(20)12-19(4)11-15-5-6-18(3)10-15/h7-9,15,17,20H,5-6,10-12H2,1-4H3. The number of aliphatic hydroxyl groups excluding tert-OH is 1. The highest BCUT2D eigenvalue weighted by Gasteiger charge is 2.21. The van der Waals surface area contributed by atoms with Gasteiger partial charge in [0, 0.05) is 19.6 Å². The zero-order chi connectivity index (χ0) is 14.7. The predicted molar refractivity (Wildman–Crippen MR) is 84.0 cm³/mol. The molecule has 0 aliphatic carbocycles. The number of aryl methyl sites for hydroxylation is 2. The van der Waals surface area contributed by atoms with Crippen LogP contribution < -0.4 is 0 Å². The van der Waals surface area contributed by atoms with Crippen molar-refractivity contribution in [1.29, 1.82) is 0 Å². The van der Waals surface area contributed by atoms with E-state index in [-0.39, 0.29) is 0 Å². The summed E-state index contributed by atoms with van der Waals surface area (Å²) in [7, 11) is 4.30. The molecule has 1 aromatic rings. The van der Waals surface area contributed by atoms with Crippen LogP contribution in [0, 0.1) is 19.8 Å². The number of hydrogen-bond donors (Lipinski definition) is 1. The highest BCUT2D eigenvalue weighted by Crippen LogP contribution is 2.20. The largest absolute Gasteiger partial charge is 0.387 e. The van der Waals surface area contributed by atoms with Gasteiger partial charge < -0.3 is 14.9 Å². The Hall–Kier alpha value is -0.900. The number of hydrogen-bond acceptors (Lipinski definition) is 3. The van der Waals surface area contributed by atoms with Crippen LogP contribution in [0.5, 0.6) is 0 Å². The van der Waals surface area contributed by atoms with E-state index in [9.17, 15) is 5.11 Å². The van der Waals surface area contributed by atoms with E-state index in [1.54, 1.807) is 0 Å². The van der Waals surface area contributed by atoms with Gasteiger partial charge in [0.15, 0.2) is 0 Å². The summed E-state index contributed by atoms with van der Waals surface area (Å²) in [6.07, 6.45) is 0.887. The lowest BCUT2D eigenvalue weighted by molar-refractivity contribution is 0.118. The SMILES string of the molecule is Cc1cc(C)cc(C(O)CN(C)CC2CCN(C)C2)c1. The van der Waals surface area contributed by atoms with Crippen molar-refractivity contribution in [1.82, 2.24) is 9.80 Å². The normalized spacial score (nSPS) is 21.6. The molecule has 2 unspecified atom stereocenters. The predicted octanol–water partition coefficient (Wildman–Crippen LogP) is 2.22. The number of likely N-dealkylation sites (N-methyl/N-ethyl adjacent to an activating group) is 1. The summed E-state index contributed by atoms with van der Waals surface area (Å²) >= 11 is 0. The van der Waals surface area contributed by atoms with Crippen LogP contribution in [0.25, 0.3) is 0 Å². The average molecular weight is 276 g/mol. The molecule has 1 aromatic carbocycles. The third kappa shape index (κ3) is 4.30. The minimum atomic E-state index is -0.391. The molecule has 1 aliphatic rings. The Bertz CT molecular complexity index is 426. The summed E-state index contributed by atoms with van der Waals surface area (Å²) in [6, 6.07) is 6.33. The maximum atomic E-state index is 10.4. The molecular weight excluding hydrogens is 248 g/mol. The summed E-state index contributed by atoms with van der Waals surface area (Å²) in [4.78, 5) is 4.66. The monoisotopic (exact) mass is 276 g/mol.